The number of hydrogen-bond donors (Lipinski definition) is 3. The number of aryl methyl sites for hydroxylation is 1. The van der Waals surface area contributed by atoms with E-state index in [1.54, 1.807) is 6.20 Å². The van der Waals surface area contributed by atoms with Gasteiger partial charge in [0.2, 0.25) is 0 Å². The van der Waals surface area contributed by atoms with Crippen molar-refractivity contribution in [2.45, 2.75) is 38.6 Å². The van der Waals surface area contributed by atoms with Crippen molar-refractivity contribution < 1.29 is 0 Å². The van der Waals surface area contributed by atoms with Crippen molar-refractivity contribution >= 4 is 11.8 Å². The summed E-state index contributed by atoms with van der Waals surface area (Å²) in [7, 11) is 1.82. The molecule has 5 heteroatoms. The van der Waals surface area contributed by atoms with Gasteiger partial charge in [-0.3, -0.25) is 4.99 Å². The second-order valence-electron chi connectivity index (χ2n) is 6.42. The first-order valence-electron chi connectivity index (χ1n) is 9.44. The highest BCUT2D eigenvalue weighted by Crippen LogP contribution is 2.04. The Morgan fingerprint density at radius 2 is 1.81 bits per heavy atom. The van der Waals surface area contributed by atoms with Gasteiger partial charge in [-0.05, 0) is 50.3 Å². The zero-order valence-electron chi connectivity index (χ0n) is 15.9. The Balaban J connectivity index is 1.55. The molecule has 0 aliphatic heterocycles. The molecule has 0 spiro atoms. The molecule has 2 rings (SSSR count). The summed E-state index contributed by atoms with van der Waals surface area (Å²) in [6.45, 7) is 4.04. The standard InChI is InChI=1S/C21H31N5/c1-18(13-14-19-10-4-3-5-11-19)26-21(22-2)25-17-9-8-16-24-20-12-6-7-15-23-20/h3-7,10-12,15,18H,8-9,13-14,16-17H2,1-2H3,(H,23,24)(H2,22,25,26). The molecule has 1 aromatic heterocycles. The Morgan fingerprint density at radius 1 is 1.04 bits per heavy atom. The normalized spacial score (nSPS) is 12.5. The van der Waals surface area contributed by atoms with Crippen LogP contribution in [0.25, 0.3) is 0 Å². The van der Waals surface area contributed by atoms with Crippen LogP contribution in [-0.2, 0) is 6.42 Å². The predicted octanol–water partition coefficient (Wildman–Crippen LogP) is 3.46. The van der Waals surface area contributed by atoms with Crippen LogP contribution >= 0.6 is 0 Å². The number of nitrogens with zero attached hydrogens (tertiary/aromatic N) is 2. The van der Waals surface area contributed by atoms with Crippen LogP contribution in [0, 0.1) is 0 Å². The molecular weight excluding hydrogens is 322 g/mol. The topological polar surface area (TPSA) is 61.3 Å². The minimum absolute atomic E-state index is 0.382. The number of hydrogen-bond acceptors (Lipinski definition) is 3. The van der Waals surface area contributed by atoms with Gasteiger partial charge in [-0.25, -0.2) is 4.98 Å². The second kappa shape index (κ2) is 11.9. The smallest absolute Gasteiger partial charge is 0.191 e. The summed E-state index contributed by atoms with van der Waals surface area (Å²) < 4.78 is 0. The molecule has 3 N–H and O–H groups in total. The Hall–Kier alpha value is -2.56. The average Bonchev–Trinajstić information content (AvgIpc) is 2.69. The third-order valence-corrected chi connectivity index (χ3v) is 4.18. The molecular formula is C21H31N5. The number of rotatable bonds is 10. The number of pyridine rings is 1. The summed E-state index contributed by atoms with van der Waals surface area (Å²) in [4.78, 5) is 8.57. The first-order valence-corrected chi connectivity index (χ1v) is 9.44. The quantitative estimate of drug-likeness (QED) is 0.348. The maximum atomic E-state index is 4.32. The first-order chi connectivity index (χ1) is 12.8. The van der Waals surface area contributed by atoms with Crippen molar-refractivity contribution in [1.82, 2.24) is 15.6 Å². The Bertz CT molecular complexity index is 627. The number of nitrogens with one attached hydrogen (secondary N) is 3. The molecule has 0 aliphatic rings. The SMILES string of the molecule is CN=C(NCCCCNc1ccccn1)NC(C)CCc1ccccc1. The molecule has 0 saturated heterocycles. The summed E-state index contributed by atoms with van der Waals surface area (Å²) in [5, 5.41) is 10.2. The Labute approximate surface area is 157 Å². The maximum Gasteiger partial charge on any atom is 0.191 e. The summed E-state index contributed by atoms with van der Waals surface area (Å²) in [5.41, 5.74) is 1.38. The van der Waals surface area contributed by atoms with Crippen molar-refractivity contribution in [2.24, 2.45) is 4.99 Å². The van der Waals surface area contributed by atoms with Gasteiger partial charge in [0.1, 0.15) is 5.82 Å². The number of anilines is 1. The molecule has 0 aliphatic carbocycles. The molecule has 1 unspecified atom stereocenters. The molecule has 1 heterocycles. The van der Waals surface area contributed by atoms with Gasteiger partial charge in [0.15, 0.2) is 5.96 Å². The van der Waals surface area contributed by atoms with Crippen LogP contribution in [0.2, 0.25) is 0 Å². The maximum absolute atomic E-state index is 4.32. The zero-order chi connectivity index (χ0) is 18.5. The van der Waals surface area contributed by atoms with Gasteiger partial charge in [0.05, 0.1) is 0 Å². The third-order valence-electron chi connectivity index (χ3n) is 4.18. The second-order valence-corrected chi connectivity index (χ2v) is 6.42. The monoisotopic (exact) mass is 353 g/mol. The number of benzene rings is 1. The lowest BCUT2D eigenvalue weighted by Crippen LogP contribution is -2.42. The van der Waals surface area contributed by atoms with Crippen molar-refractivity contribution in [3.63, 3.8) is 0 Å². The van der Waals surface area contributed by atoms with E-state index in [4.69, 9.17) is 0 Å². The van der Waals surface area contributed by atoms with Gasteiger partial charge in [0.25, 0.3) is 0 Å². The fraction of sp³-hybridized carbons (Fsp3) is 0.429. The van der Waals surface area contributed by atoms with Gasteiger partial charge in [0, 0.05) is 32.4 Å². The summed E-state index contributed by atoms with van der Waals surface area (Å²) in [6.07, 6.45) is 6.13. The van der Waals surface area contributed by atoms with Gasteiger partial charge in [-0.2, -0.15) is 0 Å². The minimum atomic E-state index is 0.382. The highest BCUT2D eigenvalue weighted by molar-refractivity contribution is 5.79. The number of aromatic nitrogens is 1. The first kappa shape index (κ1) is 19.8. The van der Waals surface area contributed by atoms with Crippen LogP contribution in [0.15, 0.2) is 59.7 Å². The molecule has 1 aromatic carbocycles. The predicted molar refractivity (Wildman–Crippen MR) is 111 cm³/mol. The fourth-order valence-corrected chi connectivity index (χ4v) is 2.67. The van der Waals surface area contributed by atoms with E-state index in [2.05, 4.69) is 63.2 Å². The van der Waals surface area contributed by atoms with E-state index in [9.17, 15) is 0 Å². The van der Waals surface area contributed by atoms with E-state index in [-0.39, 0.29) is 0 Å². The molecule has 2 aromatic rings. The van der Waals surface area contributed by atoms with Crippen LogP contribution in [0.4, 0.5) is 5.82 Å². The van der Waals surface area contributed by atoms with Crippen molar-refractivity contribution in [1.29, 1.82) is 0 Å². The fourth-order valence-electron chi connectivity index (χ4n) is 2.67. The molecule has 140 valence electrons. The van der Waals surface area contributed by atoms with Crippen LogP contribution in [-0.4, -0.2) is 37.1 Å². The van der Waals surface area contributed by atoms with Gasteiger partial charge in [-0.15, -0.1) is 0 Å². The third kappa shape index (κ3) is 8.01. The summed E-state index contributed by atoms with van der Waals surface area (Å²) in [6, 6.07) is 16.9. The minimum Gasteiger partial charge on any atom is -0.370 e. The Kier molecular flexibility index (Phi) is 9.05. The van der Waals surface area contributed by atoms with E-state index in [0.29, 0.717) is 6.04 Å². The molecule has 0 radical (unpaired) electrons. The zero-order valence-corrected chi connectivity index (χ0v) is 15.9. The van der Waals surface area contributed by atoms with Crippen LogP contribution < -0.4 is 16.0 Å². The summed E-state index contributed by atoms with van der Waals surface area (Å²) >= 11 is 0. The molecule has 0 saturated carbocycles. The van der Waals surface area contributed by atoms with E-state index in [0.717, 1.165) is 50.6 Å². The summed E-state index contributed by atoms with van der Waals surface area (Å²) in [5.74, 6) is 1.81. The lowest BCUT2D eigenvalue weighted by molar-refractivity contribution is 0.590. The molecule has 0 bridgehead atoms. The Morgan fingerprint density at radius 3 is 2.54 bits per heavy atom. The molecule has 0 fully saturated rings. The number of guanidine groups is 1. The van der Waals surface area contributed by atoms with Gasteiger partial charge in [-0.1, -0.05) is 36.4 Å². The van der Waals surface area contributed by atoms with Crippen molar-refractivity contribution in [3.05, 3.63) is 60.3 Å². The molecule has 5 nitrogen and oxygen atoms in total. The van der Waals surface area contributed by atoms with Crippen molar-refractivity contribution in [2.75, 3.05) is 25.5 Å². The van der Waals surface area contributed by atoms with E-state index in [1.807, 2.05) is 25.2 Å². The van der Waals surface area contributed by atoms with Crippen LogP contribution in [0.3, 0.4) is 0 Å². The lowest BCUT2D eigenvalue weighted by Gasteiger charge is -2.18. The van der Waals surface area contributed by atoms with Gasteiger partial charge < -0.3 is 16.0 Å². The van der Waals surface area contributed by atoms with E-state index in [1.165, 1.54) is 5.56 Å². The average molecular weight is 354 g/mol. The van der Waals surface area contributed by atoms with Crippen LogP contribution in [0.1, 0.15) is 31.7 Å². The lowest BCUT2D eigenvalue weighted by atomic mass is 10.1. The highest BCUT2D eigenvalue weighted by Gasteiger charge is 2.05. The molecule has 26 heavy (non-hydrogen) atoms. The van der Waals surface area contributed by atoms with Crippen molar-refractivity contribution in [3.8, 4) is 0 Å². The van der Waals surface area contributed by atoms with E-state index < -0.39 is 0 Å². The molecule has 1 atom stereocenters. The number of unbranched alkanes of at least 4 members (excludes halogenated alkanes) is 1. The number of aliphatic imine (C=N–C) groups is 1. The van der Waals surface area contributed by atoms with Gasteiger partial charge >= 0.3 is 0 Å². The molecule has 0 amide bonds. The van der Waals surface area contributed by atoms with E-state index >= 15 is 0 Å². The largest absolute Gasteiger partial charge is 0.370 e. The van der Waals surface area contributed by atoms with Crippen LogP contribution in [0.5, 0.6) is 0 Å². The highest BCUT2D eigenvalue weighted by atomic mass is 15.2.